The van der Waals surface area contributed by atoms with Crippen LogP contribution in [0.25, 0.3) is 32.6 Å². The Morgan fingerprint density at radius 1 is 0.952 bits per heavy atom. The lowest BCUT2D eigenvalue weighted by molar-refractivity contribution is 0.769. The van der Waals surface area contributed by atoms with E-state index in [1.165, 1.54) is 16.3 Å². The Balaban J connectivity index is 2.16. The van der Waals surface area contributed by atoms with Gasteiger partial charge in [-0.15, -0.1) is 0 Å². The number of aryl methyl sites for hydroxylation is 1. The second-order valence-electron chi connectivity index (χ2n) is 5.06. The maximum Gasteiger partial charge on any atom is 0.0640 e. The highest BCUT2D eigenvalue weighted by Gasteiger charge is 2.11. The number of nitrogens with zero attached hydrogens (tertiary/aromatic N) is 4. The zero-order valence-electron chi connectivity index (χ0n) is 11.3. The summed E-state index contributed by atoms with van der Waals surface area (Å²) in [6.07, 6.45) is 4.07. The van der Waals surface area contributed by atoms with Crippen LogP contribution in [0.5, 0.6) is 0 Å². The lowest BCUT2D eigenvalue weighted by Gasteiger charge is -2.04. The number of benzene rings is 2. The van der Waals surface area contributed by atoms with Gasteiger partial charge in [0.05, 0.1) is 24.9 Å². The molecule has 0 amide bonds. The monoisotopic (exact) mass is 272 g/mol. The normalized spacial score (nSPS) is 11.2. The van der Waals surface area contributed by atoms with Gasteiger partial charge in [0.15, 0.2) is 0 Å². The Kier molecular flexibility index (Phi) is 2.58. The summed E-state index contributed by atoms with van der Waals surface area (Å²) in [5, 5.41) is 21.4. The Morgan fingerprint density at radius 2 is 1.71 bits per heavy atom. The van der Waals surface area contributed by atoms with Crippen molar-refractivity contribution >= 4 is 32.6 Å². The van der Waals surface area contributed by atoms with Crippen LogP contribution >= 0.6 is 0 Å². The fraction of sp³-hybridized carbons (Fsp3) is 0.118. The van der Waals surface area contributed by atoms with Crippen molar-refractivity contribution < 1.29 is 0 Å². The molecule has 2 heterocycles. The zero-order valence-corrected chi connectivity index (χ0v) is 11.3. The molecular formula is C17H12N4. The second kappa shape index (κ2) is 4.57. The average molecular weight is 272 g/mol. The van der Waals surface area contributed by atoms with E-state index in [1.54, 1.807) is 12.4 Å². The predicted octanol–water partition coefficient (Wildman–Crippen LogP) is 3.65. The molecule has 100 valence electrons. The summed E-state index contributed by atoms with van der Waals surface area (Å²) in [4.78, 5) is 0. The minimum absolute atomic E-state index is 0.500. The van der Waals surface area contributed by atoms with Gasteiger partial charge in [0.2, 0.25) is 0 Å². The molecule has 4 heteroatoms. The highest BCUT2D eigenvalue weighted by Crippen LogP contribution is 2.32. The van der Waals surface area contributed by atoms with Gasteiger partial charge in [0, 0.05) is 39.1 Å². The van der Waals surface area contributed by atoms with Gasteiger partial charge in [-0.2, -0.15) is 15.5 Å². The topological polar surface area (TPSA) is 54.5 Å². The molecule has 0 unspecified atom stereocenters. The van der Waals surface area contributed by atoms with Crippen LogP contribution in [0.4, 0.5) is 0 Å². The fourth-order valence-corrected chi connectivity index (χ4v) is 2.94. The van der Waals surface area contributed by atoms with Crippen LogP contribution in [0.2, 0.25) is 0 Å². The van der Waals surface area contributed by atoms with Crippen molar-refractivity contribution in [1.29, 1.82) is 5.26 Å². The Hall–Kier alpha value is -2.93. The highest BCUT2D eigenvalue weighted by molar-refractivity contribution is 6.12. The van der Waals surface area contributed by atoms with Crippen molar-refractivity contribution in [3.63, 3.8) is 0 Å². The van der Waals surface area contributed by atoms with Gasteiger partial charge in [-0.1, -0.05) is 18.2 Å². The van der Waals surface area contributed by atoms with E-state index < -0.39 is 0 Å². The molecule has 0 atom stereocenters. The number of nitriles is 1. The number of fused-ring (bicyclic) bond motifs is 4. The van der Waals surface area contributed by atoms with Crippen molar-refractivity contribution in [1.82, 2.24) is 14.8 Å². The zero-order chi connectivity index (χ0) is 14.2. The number of aromatic nitrogens is 3. The van der Waals surface area contributed by atoms with E-state index >= 15 is 0 Å². The van der Waals surface area contributed by atoms with Gasteiger partial charge >= 0.3 is 0 Å². The number of hydrogen-bond acceptors (Lipinski definition) is 3. The third kappa shape index (κ3) is 1.75. The minimum Gasteiger partial charge on any atom is -0.339 e. The van der Waals surface area contributed by atoms with Crippen LogP contribution in [0, 0.1) is 11.3 Å². The molecule has 0 aliphatic heterocycles. The summed E-state index contributed by atoms with van der Waals surface area (Å²) in [7, 11) is 0. The van der Waals surface area contributed by atoms with Crippen molar-refractivity contribution in [3.05, 3.63) is 48.8 Å². The Bertz CT molecular complexity index is 1010. The van der Waals surface area contributed by atoms with Crippen LogP contribution in [0.1, 0.15) is 6.42 Å². The first-order valence-corrected chi connectivity index (χ1v) is 6.87. The Labute approximate surface area is 121 Å². The van der Waals surface area contributed by atoms with E-state index in [1.807, 2.05) is 12.1 Å². The summed E-state index contributed by atoms with van der Waals surface area (Å²) < 4.78 is 2.22. The van der Waals surface area contributed by atoms with Gasteiger partial charge in [0.1, 0.15) is 0 Å². The first-order chi connectivity index (χ1) is 10.4. The van der Waals surface area contributed by atoms with Gasteiger partial charge in [-0.25, -0.2) is 0 Å². The molecule has 2 aromatic heterocycles. The summed E-state index contributed by atoms with van der Waals surface area (Å²) in [6.45, 7) is 0.699. The maximum absolute atomic E-state index is 8.90. The number of rotatable bonds is 2. The molecule has 4 nitrogen and oxygen atoms in total. The molecule has 0 aliphatic rings. The molecule has 0 saturated carbocycles. The Morgan fingerprint density at radius 3 is 2.52 bits per heavy atom. The molecule has 0 bridgehead atoms. The molecule has 0 N–H and O–H groups in total. The molecule has 0 saturated heterocycles. The van der Waals surface area contributed by atoms with Crippen molar-refractivity contribution in [2.45, 2.75) is 13.0 Å². The molecule has 0 aliphatic carbocycles. The third-order valence-electron chi connectivity index (χ3n) is 3.88. The highest BCUT2D eigenvalue weighted by atomic mass is 15.1. The average Bonchev–Trinajstić information content (AvgIpc) is 2.84. The number of hydrogen-bond donors (Lipinski definition) is 0. The van der Waals surface area contributed by atoms with E-state index in [0.717, 1.165) is 16.3 Å². The third-order valence-corrected chi connectivity index (χ3v) is 3.88. The van der Waals surface area contributed by atoms with E-state index in [2.05, 4.69) is 45.1 Å². The standard InChI is InChI=1S/C17H12N4/c18-6-3-7-21-16-5-2-1-4-14(16)15-8-12-10-19-20-11-13(12)9-17(15)21/h1-2,4-5,8-11H,3,7H2. The molecule has 2 aromatic carbocycles. The number of para-hydroxylation sites is 1. The first kappa shape index (κ1) is 11.9. The SMILES string of the molecule is N#CCCn1c2ccccc2c2cc3cnncc3cc21. The van der Waals surface area contributed by atoms with E-state index in [0.29, 0.717) is 13.0 Å². The summed E-state index contributed by atoms with van der Waals surface area (Å²) in [6, 6.07) is 14.8. The molecular weight excluding hydrogens is 260 g/mol. The van der Waals surface area contributed by atoms with Crippen LogP contribution in [-0.2, 0) is 6.54 Å². The van der Waals surface area contributed by atoms with Gasteiger partial charge in [-0.05, 0) is 18.2 Å². The van der Waals surface area contributed by atoms with Crippen molar-refractivity contribution in [2.75, 3.05) is 0 Å². The maximum atomic E-state index is 8.90. The van der Waals surface area contributed by atoms with Gasteiger partial charge in [-0.3, -0.25) is 0 Å². The van der Waals surface area contributed by atoms with Gasteiger partial charge < -0.3 is 4.57 Å². The summed E-state index contributed by atoms with van der Waals surface area (Å²) in [5.41, 5.74) is 2.31. The molecule has 4 rings (SSSR count). The van der Waals surface area contributed by atoms with E-state index in [-0.39, 0.29) is 0 Å². The lowest BCUT2D eigenvalue weighted by atomic mass is 10.1. The van der Waals surface area contributed by atoms with Gasteiger partial charge in [0.25, 0.3) is 0 Å². The van der Waals surface area contributed by atoms with E-state index in [9.17, 15) is 0 Å². The fourth-order valence-electron chi connectivity index (χ4n) is 2.94. The quantitative estimate of drug-likeness (QED) is 0.559. The smallest absolute Gasteiger partial charge is 0.0640 e. The molecule has 0 spiro atoms. The molecule has 0 radical (unpaired) electrons. The molecule has 4 aromatic rings. The largest absolute Gasteiger partial charge is 0.339 e. The van der Waals surface area contributed by atoms with Crippen LogP contribution < -0.4 is 0 Å². The molecule has 21 heavy (non-hydrogen) atoms. The van der Waals surface area contributed by atoms with Crippen LogP contribution in [0.15, 0.2) is 48.8 Å². The van der Waals surface area contributed by atoms with Crippen LogP contribution in [0.3, 0.4) is 0 Å². The summed E-state index contributed by atoms with van der Waals surface area (Å²) in [5.74, 6) is 0. The first-order valence-electron chi connectivity index (χ1n) is 6.87. The lowest BCUT2D eigenvalue weighted by Crippen LogP contribution is -1.96. The minimum atomic E-state index is 0.500. The van der Waals surface area contributed by atoms with Crippen LogP contribution in [-0.4, -0.2) is 14.8 Å². The van der Waals surface area contributed by atoms with Crippen molar-refractivity contribution in [3.8, 4) is 6.07 Å². The predicted molar refractivity (Wildman–Crippen MR) is 82.8 cm³/mol. The van der Waals surface area contributed by atoms with Crippen molar-refractivity contribution in [2.24, 2.45) is 0 Å². The molecule has 0 fully saturated rings. The van der Waals surface area contributed by atoms with E-state index in [4.69, 9.17) is 5.26 Å². The summed E-state index contributed by atoms with van der Waals surface area (Å²) >= 11 is 0. The second-order valence-corrected chi connectivity index (χ2v) is 5.06.